The summed E-state index contributed by atoms with van der Waals surface area (Å²) in [6, 6.07) is 8.46. The monoisotopic (exact) mass is 297 g/mol. The zero-order valence-electron chi connectivity index (χ0n) is 10.7. The highest BCUT2D eigenvalue weighted by molar-refractivity contribution is 7.93. The van der Waals surface area contributed by atoms with Gasteiger partial charge in [0.15, 0.2) is 0 Å². The van der Waals surface area contributed by atoms with Gasteiger partial charge in [0, 0.05) is 15.3 Å². The third-order valence-electron chi connectivity index (χ3n) is 2.72. The van der Waals surface area contributed by atoms with Crippen LogP contribution in [-0.4, -0.2) is 13.5 Å². The minimum atomic E-state index is -3.61. The third-order valence-corrected chi connectivity index (χ3v) is 5.30. The van der Waals surface area contributed by atoms with Crippen LogP contribution in [0.4, 0.5) is 5.69 Å². The molecule has 0 fully saturated rings. The summed E-state index contributed by atoms with van der Waals surface area (Å²) in [5.41, 5.74) is 0.962. The molecule has 0 spiro atoms. The number of thiophene rings is 1. The van der Waals surface area contributed by atoms with E-state index in [9.17, 15) is 13.5 Å². The zero-order chi connectivity index (χ0) is 14.0. The zero-order valence-corrected chi connectivity index (χ0v) is 12.3. The van der Waals surface area contributed by atoms with Crippen molar-refractivity contribution in [3.63, 3.8) is 0 Å². The molecule has 0 aliphatic heterocycles. The van der Waals surface area contributed by atoms with E-state index in [0.29, 0.717) is 16.1 Å². The molecule has 0 atom stereocenters. The lowest BCUT2D eigenvalue weighted by Crippen LogP contribution is -2.14. The summed E-state index contributed by atoms with van der Waals surface area (Å²) < 4.78 is 27.2. The van der Waals surface area contributed by atoms with E-state index in [0.717, 1.165) is 9.75 Å². The first-order valence-corrected chi connectivity index (χ1v) is 8.02. The Morgan fingerprint density at radius 2 is 1.95 bits per heavy atom. The highest BCUT2D eigenvalue weighted by Gasteiger charge is 2.20. The van der Waals surface area contributed by atoms with Gasteiger partial charge in [0.05, 0.1) is 12.3 Å². The van der Waals surface area contributed by atoms with Crippen LogP contribution >= 0.6 is 11.3 Å². The van der Waals surface area contributed by atoms with Gasteiger partial charge < -0.3 is 5.11 Å². The molecule has 0 unspecified atom stereocenters. The molecule has 0 saturated carbocycles. The number of aliphatic hydroxyl groups is 1. The number of nitrogens with one attached hydrogen (secondary N) is 1. The highest BCUT2D eigenvalue weighted by Crippen LogP contribution is 2.27. The van der Waals surface area contributed by atoms with Gasteiger partial charge in [-0.1, -0.05) is 18.2 Å². The Morgan fingerprint density at radius 1 is 1.26 bits per heavy atom. The summed E-state index contributed by atoms with van der Waals surface area (Å²) in [4.78, 5) is 2.00. The maximum atomic E-state index is 12.3. The normalized spacial score (nSPS) is 11.5. The van der Waals surface area contributed by atoms with Gasteiger partial charge >= 0.3 is 0 Å². The van der Waals surface area contributed by atoms with Crippen LogP contribution < -0.4 is 4.72 Å². The van der Waals surface area contributed by atoms with E-state index in [2.05, 4.69) is 4.72 Å². The molecule has 2 N–H and O–H groups in total. The molecule has 102 valence electrons. The molecule has 0 aliphatic rings. The fourth-order valence-corrected chi connectivity index (χ4v) is 4.49. The topological polar surface area (TPSA) is 66.4 Å². The molecule has 1 aromatic heterocycles. The molecule has 0 amide bonds. The lowest BCUT2D eigenvalue weighted by molar-refractivity contribution is 0.282. The summed E-state index contributed by atoms with van der Waals surface area (Å²) in [6.45, 7) is 3.45. The number of aliphatic hydroxyl groups excluding tert-OH is 1. The van der Waals surface area contributed by atoms with Crippen LogP contribution in [0.1, 0.15) is 15.3 Å². The number of hydrogen-bond acceptors (Lipinski definition) is 4. The first kappa shape index (κ1) is 14.0. The van der Waals surface area contributed by atoms with Crippen molar-refractivity contribution in [1.82, 2.24) is 0 Å². The van der Waals surface area contributed by atoms with E-state index in [1.54, 1.807) is 37.3 Å². The van der Waals surface area contributed by atoms with E-state index in [-0.39, 0.29) is 6.61 Å². The summed E-state index contributed by atoms with van der Waals surface area (Å²) >= 11 is 1.45. The molecule has 2 aromatic rings. The number of aryl methyl sites for hydroxylation is 2. The molecular weight excluding hydrogens is 282 g/mol. The van der Waals surface area contributed by atoms with Crippen molar-refractivity contribution in [2.75, 3.05) is 4.72 Å². The average Bonchev–Trinajstić information content (AvgIpc) is 2.69. The van der Waals surface area contributed by atoms with Crippen molar-refractivity contribution in [3.8, 4) is 0 Å². The van der Waals surface area contributed by atoms with Crippen LogP contribution in [0, 0.1) is 13.8 Å². The molecule has 0 bridgehead atoms. The SMILES string of the molecule is Cc1cc(S(=O)(=O)Nc2ccccc2CO)c(C)s1. The maximum Gasteiger partial charge on any atom is 0.263 e. The van der Waals surface area contributed by atoms with Crippen LogP contribution in [0.2, 0.25) is 0 Å². The van der Waals surface area contributed by atoms with E-state index < -0.39 is 10.0 Å². The predicted molar refractivity (Wildman–Crippen MR) is 77.0 cm³/mol. The molecular formula is C13H15NO3S2. The summed E-state index contributed by atoms with van der Waals surface area (Å²) in [7, 11) is -3.61. The standard InChI is InChI=1S/C13H15NO3S2/c1-9-7-13(10(2)18-9)19(16,17)14-12-6-4-3-5-11(12)8-15/h3-7,14-15H,8H2,1-2H3. The number of sulfonamides is 1. The second-order valence-corrected chi connectivity index (χ2v) is 7.31. The largest absolute Gasteiger partial charge is 0.392 e. The Kier molecular flexibility index (Phi) is 3.93. The van der Waals surface area contributed by atoms with Gasteiger partial charge in [-0.05, 0) is 26.0 Å². The average molecular weight is 297 g/mol. The minimum absolute atomic E-state index is 0.208. The van der Waals surface area contributed by atoms with Gasteiger partial charge in [-0.2, -0.15) is 0 Å². The lowest BCUT2D eigenvalue weighted by atomic mass is 10.2. The first-order chi connectivity index (χ1) is 8.94. The second-order valence-electron chi connectivity index (χ2n) is 4.20. The van der Waals surface area contributed by atoms with E-state index >= 15 is 0 Å². The highest BCUT2D eigenvalue weighted by atomic mass is 32.2. The van der Waals surface area contributed by atoms with Gasteiger partial charge in [-0.3, -0.25) is 4.72 Å². The molecule has 19 heavy (non-hydrogen) atoms. The van der Waals surface area contributed by atoms with Crippen molar-refractivity contribution in [3.05, 3.63) is 45.6 Å². The lowest BCUT2D eigenvalue weighted by Gasteiger charge is -2.10. The number of benzene rings is 1. The Bertz CT molecular complexity index is 690. The van der Waals surface area contributed by atoms with Gasteiger partial charge in [-0.25, -0.2) is 8.42 Å². The molecule has 0 aliphatic carbocycles. The first-order valence-electron chi connectivity index (χ1n) is 5.72. The molecule has 0 saturated heterocycles. The van der Waals surface area contributed by atoms with E-state index in [1.807, 2.05) is 6.92 Å². The second kappa shape index (κ2) is 5.32. The van der Waals surface area contributed by atoms with E-state index in [4.69, 9.17) is 0 Å². The summed E-state index contributed by atoms with van der Waals surface area (Å²) in [5.74, 6) is 0. The van der Waals surface area contributed by atoms with Crippen LogP contribution in [0.5, 0.6) is 0 Å². The smallest absolute Gasteiger partial charge is 0.263 e. The number of para-hydroxylation sites is 1. The van der Waals surface area contributed by atoms with Gasteiger partial charge in [0.2, 0.25) is 0 Å². The molecule has 4 nitrogen and oxygen atoms in total. The predicted octanol–water partition coefficient (Wildman–Crippen LogP) is 2.66. The molecule has 1 heterocycles. The Balaban J connectivity index is 2.39. The van der Waals surface area contributed by atoms with Crippen molar-refractivity contribution >= 4 is 27.0 Å². The van der Waals surface area contributed by atoms with Crippen LogP contribution in [0.15, 0.2) is 35.2 Å². The van der Waals surface area contributed by atoms with Gasteiger partial charge in [-0.15, -0.1) is 11.3 Å². The Hall–Kier alpha value is -1.37. The number of hydrogen-bond donors (Lipinski definition) is 2. The molecule has 0 radical (unpaired) electrons. The Morgan fingerprint density at radius 3 is 2.53 bits per heavy atom. The third kappa shape index (κ3) is 2.97. The van der Waals surface area contributed by atoms with Crippen molar-refractivity contribution in [1.29, 1.82) is 0 Å². The van der Waals surface area contributed by atoms with Gasteiger partial charge in [0.1, 0.15) is 4.90 Å². The number of rotatable bonds is 4. The van der Waals surface area contributed by atoms with Crippen LogP contribution in [0.25, 0.3) is 0 Å². The van der Waals surface area contributed by atoms with Crippen LogP contribution in [-0.2, 0) is 16.6 Å². The quantitative estimate of drug-likeness (QED) is 0.911. The summed E-state index contributed by atoms with van der Waals surface area (Å²) in [6.07, 6.45) is 0. The van der Waals surface area contributed by atoms with Crippen LogP contribution in [0.3, 0.4) is 0 Å². The molecule has 2 rings (SSSR count). The fraction of sp³-hybridized carbons (Fsp3) is 0.231. The Labute approximate surface area is 116 Å². The fourth-order valence-electron chi connectivity index (χ4n) is 1.83. The van der Waals surface area contributed by atoms with E-state index in [1.165, 1.54) is 11.3 Å². The van der Waals surface area contributed by atoms with Gasteiger partial charge in [0.25, 0.3) is 10.0 Å². The number of anilines is 1. The summed E-state index contributed by atoms with van der Waals surface area (Å²) in [5, 5.41) is 9.21. The van der Waals surface area contributed by atoms with Crippen molar-refractivity contribution in [2.24, 2.45) is 0 Å². The van der Waals surface area contributed by atoms with Crippen molar-refractivity contribution in [2.45, 2.75) is 25.3 Å². The molecule has 1 aromatic carbocycles. The minimum Gasteiger partial charge on any atom is -0.392 e. The maximum absolute atomic E-state index is 12.3. The van der Waals surface area contributed by atoms with Crippen molar-refractivity contribution < 1.29 is 13.5 Å². The molecule has 6 heteroatoms.